The van der Waals surface area contributed by atoms with Crippen molar-refractivity contribution >= 4 is 21.8 Å². The summed E-state index contributed by atoms with van der Waals surface area (Å²) in [6.45, 7) is 5.45. The van der Waals surface area contributed by atoms with Gasteiger partial charge in [0.1, 0.15) is 5.82 Å². The number of hydrogen-bond acceptors (Lipinski definition) is 6. The first kappa shape index (κ1) is 23.6. The molecule has 0 amide bonds. The highest BCUT2D eigenvalue weighted by molar-refractivity contribution is 7.99. The van der Waals surface area contributed by atoms with Crippen molar-refractivity contribution < 1.29 is 17.5 Å². The molecular formula is C23H25FN4O3S2. The van der Waals surface area contributed by atoms with Gasteiger partial charge in [-0.15, -0.1) is 10.2 Å². The number of hydrogen-bond donors (Lipinski definition) is 0. The van der Waals surface area contributed by atoms with Crippen molar-refractivity contribution in [3.63, 3.8) is 0 Å². The highest BCUT2D eigenvalue weighted by Crippen LogP contribution is 2.30. The Balaban J connectivity index is 1.75. The molecule has 4 rings (SSSR count). The van der Waals surface area contributed by atoms with Crippen LogP contribution in [0.1, 0.15) is 13.8 Å². The monoisotopic (exact) mass is 488 g/mol. The average molecular weight is 489 g/mol. The zero-order valence-corrected chi connectivity index (χ0v) is 20.1. The molecule has 33 heavy (non-hydrogen) atoms. The molecule has 0 aliphatic carbocycles. The third-order valence-electron chi connectivity index (χ3n) is 5.12. The van der Waals surface area contributed by atoms with Crippen LogP contribution in [-0.2, 0) is 14.8 Å². The number of sulfonamides is 1. The third kappa shape index (κ3) is 5.35. The van der Waals surface area contributed by atoms with Crippen molar-refractivity contribution in [2.75, 3.05) is 32.1 Å². The molecule has 1 saturated heterocycles. The topological polar surface area (TPSA) is 77.3 Å². The molecule has 174 valence electrons. The molecule has 0 unspecified atom stereocenters. The van der Waals surface area contributed by atoms with Crippen LogP contribution < -0.4 is 0 Å². The lowest BCUT2D eigenvalue weighted by molar-refractivity contribution is 0.0730. The van der Waals surface area contributed by atoms with E-state index in [1.165, 1.54) is 33.8 Å². The number of thioether (sulfide) groups is 1. The van der Waals surface area contributed by atoms with Gasteiger partial charge in [0.05, 0.1) is 18.1 Å². The van der Waals surface area contributed by atoms with Gasteiger partial charge < -0.3 is 4.74 Å². The summed E-state index contributed by atoms with van der Waals surface area (Å²) >= 11 is 1.50. The van der Waals surface area contributed by atoms with Crippen LogP contribution in [0.25, 0.3) is 17.1 Å². The second-order valence-electron chi connectivity index (χ2n) is 7.75. The SMILES string of the molecule is CC(C)=CCSc1nnc(-c2cccc(S(=O)(=O)N3CCOCC3)c2)n1-c1ccc(F)cc1. The highest BCUT2D eigenvalue weighted by atomic mass is 32.2. The fourth-order valence-corrected chi connectivity index (χ4v) is 5.83. The molecule has 1 fully saturated rings. The molecule has 0 atom stereocenters. The van der Waals surface area contributed by atoms with Crippen molar-refractivity contribution in [1.82, 2.24) is 19.1 Å². The normalized spacial score (nSPS) is 14.9. The van der Waals surface area contributed by atoms with Gasteiger partial charge in [-0.25, -0.2) is 12.8 Å². The maximum absolute atomic E-state index is 13.6. The van der Waals surface area contributed by atoms with Crippen LogP contribution in [-0.4, -0.2) is 59.5 Å². The van der Waals surface area contributed by atoms with Gasteiger partial charge in [-0.2, -0.15) is 4.31 Å². The van der Waals surface area contributed by atoms with Crippen LogP contribution in [0.4, 0.5) is 4.39 Å². The largest absolute Gasteiger partial charge is 0.379 e. The molecule has 10 heteroatoms. The van der Waals surface area contributed by atoms with Crippen LogP contribution in [0.15, 0.2) is 70.2 Å². The molecule has 2 heterocycles. The zero-order chi connectivity index (χ0) is 23.4. The Bertz CT molecular complexity index is 1250. The summed E-state index contributed by atoms with van der Waals surface area (Å²) < 4.78 is 48.4. The summed E-state index contributed by atoms with van der Waals surface area (Å²) in [6.07, 6.45) is 2.09. The molecule has 0 bridgehead atoms. The van der Waals surface area contributed by atoms with Gasteiger partial charge >= 0.3 is 0 Å². The molecule has 7 nitrogen and oxygen atoms in total. The Labute approximate surface area is 197 Å². The van der Waals surface area contributed by atoms with E-state index < -0.39 is 10.0 Å². The Kier molecular flexibility index (Phi) is 7.28. The second-order valence-corrected chi connectivity index (χ2v) is 10.7. The summed E-state index contributed by atoms with van der Waals surface area (Å²) in [6, 6.07) is 12.8. The van der Waals surface area contributed by atoms with Crippen LogP contribution in [0.5, 0.6) is 0 Å². The number of allylic oxidation sites excluding steroid dienone is 1. The fourth-order valence-electron chi connectivity index (χ4n) is 3.39. The molecule has 1 aromatic heterocycles. The van der Waals surface area contributed by atoms with Gasteiger partial charge in [0.2, 0.25) is 10.0 Å². The van der Waals surface area contributed by atoms with Crippen LogP contribution in [0.2, 0.25) is 0 Å². The summed E-state index contributed by atoms with van der Waals surface area (Å²) in [5.74, 6) is 0.846. The summed E-state index contributed by atoms with van der Waals surface area (Å²) in [4.78, 5) is 0.189. The lowest BCUT2D eigenvalue weighted by atomic mass is 10.2. The summed E-state index contributed by atoms with van der Waals surface area (Å²) in [5, 5.41) is 9.35. The maximum Gasteiger partial charge on any atom is 0.243 e. The summed E-state index contributed by atoms with van der Waals surface area (Å²) in [5.41, 5.74) is 2.49. The molecule has 1 aliphatic heterocycles. The van der Waals surface area contributed by atoms with Gasteiger partial charge in [0.15, 0.2) is 11.0 Å². The Morgan fingerprint density at radius 3 is 2.55 bits per heavy atom. The van der Waals surface area contributed by atoms with Crippen molar-refractivity contribution in [2.45, 2.75) is 23.9 Å². The van der Waals surface area contributed by atoms with Crippen LogP contribution in [0.3, 0.4) is 0 Å². The van der Waals surface area contributed by atoms with E-state index in [-0.39, 0.29) is 10.7 Å². The van der Waals surface area contributed by atoms with Crippen LogP contribution >= 0.6 is 11.8 Å². The van der Waals surface area contributed by atoms with Crippen molar-refractivity contribution in [3.05, 3.63) is 66.0 Å². The molecule has 0 radical (unpaired) electrons. The highest BCUT2D eigenvalue weighted by Gasteiger charge is 2.27. The van der Waals surface area contributed by atoms with E-state index in [1.54, 1.807) is 36.4 Å². The number of aromatic nitrogens is 3. The first-order valence-corrected chi connectivity index (χ1v) is 12.9. The molecule has 0 spiro atoms. The quantitative estimate of drug-likeness (QED) is 0.367. The Hall–Kier alpha value is -2.53. The number of ether oxygens (including phenoxy) is 1. The third-order valence-corrected chi connectivity index (χ3v) is 7.87. The number of nitrogens with zero attached hydrogens (tertiary/aromatic N) is 4. The number of rotatable bonds is 7. The van der Waals surface area contributed by atoms with Crippen molar-refractivity contribution in [2.24, 2.45) is 0 Å². The van der Waals surface area contributed by atoms with Gasteiger partial charge in [-0.3, -0.25) is 4.57 Å². The second kappa shape index (κ2) is 10.2. The van der Waals surface area contributed by atoms with E-state index in [1.807, 2.05) is 18.4 Å². The maximum atomic E-state index is 13.6. The summed E-state index contributed by atoms with van der Waals surface area (Å²) in [7, 11) is -3.66. The molecule has 2 aromatic carbocycles. The van der Waals surface area contributed by atoms with E-state index in [2.05, 4.69) is 16.3 Å². The smallest absolute Gasteiger partial charge is 0.243 e. The van der Waals surface area contributed by atoms with Crippen molar-refractivity contribution in [1.29, 1.82) is 0 Å². The first-order valence-electron chi connectivity index (χ1n) is 10.5. The minimum Gasteiger partial charge on any atom is -0.379 e. The Morgan fingerprint density at radius 1 is 1.12 bits per heavy atom. The van der Waals surface area contributed by atoms with E-state index in [0.717, 1.165) is 0 Å². The van der Waals surface area contributed by atoms with Gasteiger partial charge in [-0.05, 0) is 50.2 Å². The molecule has 0 N–H and O–H groups in total. The molecule has 0 saturated carbocycles. The predicted octanol–water partition coefficient (Wildman–Crippen LogP) is 4.15. The van der Waals surface area contributed by atoms with E-state index >= 15 is 0 Å². The fraction of sp³-hybridized carbons (Fsp3) is 0.304. The Morgan fingerprint density at radius 2 is 1.85 bits per heavy atom. The van der Waals surface area contributed by atoms with Gasteiger partial charge in [0, 0.05) is 30.1 Å². The van der Waals surface area contributed by atoms with E-state index in [0.29, 0.717) is 54.3 Å². The average Bonchev–Trinajstić information content (AvgIpc) is 3.24. The minimum absolute atomic E-state index is 0.189. The molecular weight excluding hydrogens is 463 g/mol. The predicted molar refractivity (Wildman–Crippen MR) is 126 cm³/mol. The van der Waals surface area contributed by atoms with Gasteiger partial charge in [-0.1, -0.05) is 35.5 Å². The van der Waals surface area contributed by atoms with E-state index in [9.17, 15) is 12.8 Å². The number of halogens is 1. The standard InChI is InChI=1S/C23H25FN4O3S2/c1-17(2)10-15-32-23-26-25-22(28(23)20-8-6-19(24)7-9-20)18-4-3-5-21(16-18)33(29,30)27-11-13-31-14-12-27/h3-10,16H,11-15H2,1-2H3. The van der Waals surface area contributed by atoms with Crippen molar-refractivity contribution in [3.8, 4) is 17.1 Å². The van der Waals surface area contributed by atoms with Crippen LogP contribution in [0, 0.1) is 5.82 Å². The zero-order valence-electron chi connectivity index (χ0n) is 18.4. The van der Waals surface area contributed by atoms with Gasteiger partial charge in [0.25, 0.3) is 0 Å². The molecule has 1 aliphatic rings. The van der Waals surface area contributed by atoms with E-state index in [4.69, 9.17) is 4.74 Å². The lowest BCUT2D eigenvalue weighted by Crippen LogP contribution is -2.40. The number of morpholine rings is 1. The number of benzene rings is 2. The lowest BCUT2D eigenvalue weighted by Gasteiger charge is -2.26. The first-order chi connectivity index (χ1) is 15.9. The minimum atomic E-state index is -3.66. The molecule has 3 aromatic rings.